The molecule has 0 bridgehead atoms. The summed E-state index contributed by atoms with van der Waals surface area (Å²) in [4.78, 5) is 0. The lowest BCUT2D eigenvalue weighted by molar-refractivity contribution is 0.499. The van der Waals surface area contributed by atoms with Crippen LogP contribution in [0.4, 0.5) is 0 Å². The van der Waals surface area contributed by atoms with Gasteiger partial charge in [-0.2, -0.15) is 0 Å². The zero-order valence-electron chi connectivity index (χ0n) is 27.0. The highest BCUT2D eigenvalue weighted by atomic mass is 31.2. The zero-order chi connectivity index (χ0) is 34.0. The predicted molar refractivity (Wildman–Crippen MR) is 208 cm³/mol. The van der Waals surface area contributed by atoms with Gasteiger partial charge >= 0.3 is 14.7 Å². The van der Waals surface area contributed by atoms with Crippen LogP contribution in [0.5, 0.6) is 11.5 Å². The lowest BCUT2D eigenvalue weighted by Crippen LogP contribution is -2.21. The summed E-state index contributed by atoms with van der Waals surface area (Å²) in [5.41, 5.74) is 1.41. The van der Waals surface area contributed by atoms with Crippen LogP contribution in [0.2, 0.25) is 0 Å². The summed E-state index contributed by atoms with van der Waals surface area (Å²) in [7, 11) is -7.36. The topological polar surface area (TPSA) is 52.6 Å². The van der Waals surface area contributed by atoms with Gasteiger partial charge in [0.15, 0.2) is 0 Å². The third-order valence-electron chi connectivity index (χ3n) is 8.87. The second-order valence-electron chi connectivity index (χ2n) is 11.9. The predicted octanol–water partition coefficient (Wildman–Crippen LogP) is 10.3. The number of fused-ring (bicyclic) bond motifs is 2. The lowest BCUT2D eigenvalue weighted by Gasteiger charge is -2.26. The minimum Gasteiger partial charge on any atom is -0.436 e. The molecule has 0 spiro atoms. The van der Waals surface area contributed by atoms with Crippen molar-refractivity contribution in [2.45, 2.75) is 0 Å². The third kappa shape index (κ3) is 5.73. The Morgan fingerprint density at radius 2 is 0.580 bits per heavy atom. The Labute approximate surface area is 291 Å². The molecule has 0 radical (unpaired) electrons. The maximum absolute atomic E-state index is 15.4. The van der Waals surface area contributed by atoms with Crippen molar-refractivity contribution < 1.29 is 18.2 Å². The van der Waals surface area contributed by atoms with Crippen LogP contribution in [-0.4, -0.2) is 0 Å². The van der Waals surface area contributed by atoms with Crippen LogP contribution < -0.4 is 30.3 Å². The van der Waals surface area contributed by atoms with Crippen LogP contribution >= 0.6 is 14.7 Å². The van der Waals surface area contributed by atoms with Gasteiger partial charge in [0.1, 0.15) is 11.5 Å². The minimum atomic E-state index is -3.68. The van der Waals surface area contributed by atoms with Crippen molar-refractivity contribution in [3.05, 3.63) is 194 Å². The van der Waals surface area contributed by atoms with E-state index in [2.05, 4.69) is 0 Å². The second kappa shape index (κ2) is 13.3. The number of rotatable bonds is 9. The molecule has 0 saturated heterocycles. The summed E-state index contributed by atoms with van der Waals surface area (Å²) >= 11 is 0. The first-order valence-corrected chi connectivity index (χ1v) is 19.7. The molecule has 4 nitrogen and oxygen atoms in total. The molecule has 8 aromatic rings. The fraction of sp³-hybridized carbons (Fsp3) is 0. The van der Waals surface area contributed by atoms with Gasteiger partial charge < -0.3 is 9.05 Å². The fourth-order valence-corrected chi connectivity index (χ4v) is 10.6. The van der Waals surface area contributed by atoms with Gasteiger partial charge in [-0.05, 0) is 82.2 Å². The summed E-state index contributed by atoms with van der Waals surface area (Å²) < 4.78 is 44.5. The molecule has 0 aliphatic carbocycles. The maximum Gasteiger partial charge on any atom is 0.306 e. The van der Waals surface area contributed by atoms with Crippen molar-refractivity contribution in [2.75, 3.05) is 0 Å². The molecule has 0 atom stereocenters. The Morgan fingerprint density at radius 3 is 0.900 bits per heavy atom. The summed E-state index contributed by atoms with van der Waals surface area (Å²) in [5, 5.41) is 6.03. The van der Waals surface area contributed by atoms with Crippen LogP contribution in [0.1, 0.15) is 0 Å². The Kier molecular flexibility index (Phi) is 8.43. The van der Waals surface area contributed by atoms with E-state index in [0.717, 1.165) is 21.5 Å². The van der Waals surface area contributed by atoms with E-state index in [1.807, 2.05) is 194 Å². The van der Waals surface area contributed by atoms with E-state index < -0.39 is 14.7 Å². The van der Waals surface area contributed by atoms with Gasteiger partial charge in [-0.15, -0.1) is 0 Å². The minimum absolute atomic E-state index is 0.426. The van der Waals surface area contributed by atoms with Crippen molar-refractivity contribution in [2.24, 2.45) is 0 Å². The van der Waals surface area contributed by atoms with E-state index in [0.29, 0.717) is 43.8 Å². The van der Waals surface area contributed by atoms with Gasteiger partial charge in [0.2, 0.25) is 0 Å². The monoisotopic (exact) mass is 686 g/mol. The molecule has 0 fully saturated rings. The highest BCUT2D eigenvalue weighted by Gasteiger charge is 2.34. The number of benzene rings is 8. The van der Waals surface area contributed by atoms with Gasteiger partial charge in [-0.1, -0.05) is 133 Å². The standard InChI is InChI=1S/C44H32O4P2/c45-49(35-19-5-1-6-20-35,36-21-7-2-8-22-36)47-41-31-29-33-17-13-15-27-39(33)43(41)44-40-28-16-14-18-34(40)30-32-42(44)48-50(46,37-23-9-3-10-24-37)38-25-11-4-12-26-38/h1-32H. The van der Waals surface area contributed by atoms with E-state index in [1.54, 1.807) is 0 Å². The first-order chi connectivity index (χ1) is 24.5. The Balaban J connectivity index is 1.42. The third-order valence-corrected chi connectivity index (χ3v) is 13.7. The van der Waals surface area contributed by atoms with E-state index >= 15 is 9.13 Å². The zero-order valence-corrected chi connectivity index (χ0v) is 28.8. The Bertz CT molecular complexity index is 2270. The molecule has 8 rings (SSSR count). The molecular weight excluding hydrogens is 654 g/mol. The molecule has 6 heteroatoms. The molecule has 0 aliphatic heterocycles. The molecule has 0 amide bonds. The molecule has 242 valence electrons. The van der Waals surface area contributed by atoms with Crippen molar-refractivity contribution in [1.82, 2.24) is 0 Å². The maximum atomic E-state index is 15.4. The van der Waals surface area contributed by atoms with E-state index in [1.165, 1.54) is 0 Å². The van der Waals surface area contributed by atoms with E-state index in [4.69, 9.17) is 9.05 Å². The molecule has 0 N–H and O–H groups in total. The smallest absolute Gasteiger partial charge is 0.306 e. The summed E-state index contributed by atoms with van der Waals surface area (Å²) in [6.45, 7) is 0. The largest absolute Gasteiger partial charge is 0.436 e. The Morgan fingerprint density at radius 1 is 0.300 bits per heavy atom. The van der Waals surface area contributed by atoms with Crippen LogP contribution in [0.25, 0.3) is 32.7 Å². The Hall–Kier alpha value is -5.66. The van der Waals surface area contributed by atoms with Crippen molar-refractivity contribution >= 4 is 57.5 Å². The van der Waals surface area contributed by atoms with Crippen LogP contribution in [-0.2, 0) is 9.13 Å². The van der Waals surface area contributed by atoms with Crippen LogP contribution in [0, 0.1) is 0 Å². The highest BCUT2D eigenvalue weighted by molar-refractivity contribution is 7.75. The molecular formula is C44H32O4P2. The summed E-state index contributed by atoms with van der Waals surface area (Å²) in [6, 6.07) is 61.2. The normalized spacial score (nSPS) is 11.8. The van der Waals surface area contributed by atoms with Gasteiger partial charge in [-0.3, -0.25) is 9.13 Å². The highest BCUT2D eigenvalue weighted by Crippen LogP contribution is 2.55. The van der Waals surface area contributed by atoms with Gasteiger partial charge in [0, 0.05) is 11.1 Å². The van der Waals surface area contributed by atoms with Crippen LogP contribution in [0.15, 0.2) is 194 Å². The van der Waals surface area contributed by atoms with Crippen molar-refractivity contribution in [3.8, 4) is 22.6 Å². The summed E-state index contributed by atoms with van der Waals surface area (Å²) in [5.74, 6) is 0.852. The summed E-state index contributed by atoms with van der Waals surface area (Å²) in [6.07, 6.45) is 0. The van der Waals surface area contributed by atoms with Crippen molar-refractivity contribution in [3.63, 3.8) is 0 Å². The van der Waals surface area contributed by atoms with Gasteiger partial charge in [-0.25, -0.2) is 0 Å². The van der Waals surface area contributed by atoms with Gasteiger partial charge in [0.05, 0.1) is 21.2 Å². The van der Waals surface area contributed by atoms with E-state index in [-0.39, 0.29) is 0 Å². The van der Waals surface area contributed by atoms with Crippen LogP contribution in [0.3, 0.4) is 0 Å². The lowest BCUT2D eigenvalue weighted by atomic mass is 9.92. The number of hydrogen-bond acceptors (Lipinski definition) is 4. The SMILES string of the molecule is O=P(Oc1ccc2ccccc2c1-c1c(OP(=O)(c2ccccc2)c2ccccc2)ccc2ccccc12)(c1ccccc1)c1ccccc1. The molecule has 0 aliphatic rings. The average Bonchev–Trinajstić information content (AvgIpc) is 3.19. The molecule has 0 saturated carbocycles. The van der Waals surface area contributed by atoms with Crippen molar-refractivity contribution in [1.29, 1.82) is 0 Å². The fourth-order valence-electron chi connectivity index (χ4n) is 6.45. The van der Waals surface area contributed by atoms with Gasteiger partial charge in [0.25, 0.3) is 0 Å². The molecule has 0 unspecified atom stereocenters. The molecule has 50 heavy (non-hydrogen) atoms. The molecule has 0 aromatic heterocycles. The first-order valence-electron chi connectivity index (χ1n) is 16.4. The molecule has 8 aromatic carbocycles. The second-order valence-corrected chi connectivity index (χ2v) is 16.6. The first kappa shape index (κ1) is 31.6. The van der Waals surface area contributed by atoms with E-state index in [9.17, 15) is 0 Å². The number of hydrogen-bond donors (Lipinski definition) is 0. The average molecular weight is 687 g/mol. The molecule has 0 heterocycles. The quantitative estimate of drug-likeness (QED) is 0.142.